The average Bonchev–Trinajstić information content (AvgIpc) is 3.45. The van der Waals surface area contributed by atoms with E-state index in [1.54, 1.807) is 0 Å². The predicted octanol–water partition coefficient (Wildman–Crippen LogP) is 5.99. The van der Waals surface area contributed by atoms with Gasteiger partial charge in [0.2, 0.25) is 5.91 Å². The molecule has 3 aliphatic rings. The van der Waals surface area contributed by atoms with Gasteiger partial charge in [0.1, 0.15) is 0 Å². The van der Waals surface area contributed by atoms with Crippen LogP contribution in [0.15, 0.2) is 60.9 Å². The molecule has 7 heteroatoms. The lowest BCUT2D eigenvalue weighted by Gasteiger charge is -2.58. The first-order valence-corrected chi connectivity index (χ1v) is 16.0. The average molecular weight is 569 g/mol. The normalized spacial score (nSPS) is 21.8. The van der Waals surface area contributed by atoms with E-state index in [0.717, 1.165) is 39.3 Å². The van der Waals surface area contributed by atoms with Crippen LogP contribution in [0.2, 0.25) is 0 Å². The van der Waals surface area contributed by atoms with E-state index in [1.807, 2.05) is 24.3 Å². The van der Waals surface area contributed by atoms with Crippen LogP contribution in [0, 0.1) is 5.41 Å². The van der Waals surface area contributed by atoms with Crippen molar-refractivity contribution in [1.82, 2.24) is 19.6 Å². The van der Waals surface area contributed by atoms with Gasteiger partial charge < -0.3 is 10.6 Å². The number of carbonyl (C=O) groups is 1. The molecular formula is C35H48N6O. The lowest BCUT2D eigenvalue weighted by atomic mass is 9.59. The standard InChI is InChI=1S/C35H48N6O/c1-25(2)31-7-5-6-8-32(31)33-24-38(22-27-21-37-41(23-27)26(3)4)17-18-40(33)30-19-35(20-30)13-15-39(16-14-35)29-11-9-28(10-12-29)34(36)42/h5-12,21,23,25-26,30,33H,13-20,22,24H2,1-4H3,(H2,36,42)/t33-/m0/s1. The highest BCUT2D eigenvalue weighted by molar-refractivity contribution is 5.93. The first-order chi connectivity index (χ1) is 20.2. The predicted molar refractivity (Wildman–Crippen MR) is 170 cm³/mol. The second kappa shape index (κ2) is 11.8. The van der Waals surface area contributed by atoms with Crippen molar-refractivity contribution in [1.29, 1.82) is 0 Å². The summed E-state index contributed by atoms with van der Waals surface area (Å²) in [6.07, 6.45) is 9.38. The number of primary amides is 1. The molecule has 0 unspecified atom stereocenters. The maximum Gasteiger partial charge on any atom is 0.248 e. The van der Waals surface area contributed by atoms with E-state index in [0.29, 0.717) is 35.0 Å². The minimum atomic E-state index is -0.364. The Balaban J connectivity index is 1.13. The first kappa shape index (κ1) is 28.9. The monoisotopic (exact) mass is 568 g/mol. The molecule has 7 nitrogen and oxygen atoms in total. The van der Waals surface area contributed by atoms with Crippen LogP contribution in [0.25, 0.3) is 0 Å². The van der Waals surface area contributed by atoms with Crippen LogP contribution >= 0.6 is 0 Å². The number of piperidine rings is 1. The zero-order valence-corrected chi connectivity index (χ0v) is 25.9. The van der Waals surface area contributed by atoms with Crippen molar-refractivity contribution >= 4 is 11.6 Å². The maximum atomic E-state index is 11.5. The highest BCUT2D eigenvalue weighted by atomic mass is 16.1. The van der Waals surface area contributed by atoms with Crippen molar-refractivity contribution in [3.63, 3.8) is 0 Å². The summed E-state index contributed by atoms with van der Waals surface area (Å²) in [7, 11) is 0. The molecule has 1 spiro atoms. The molecule has 3 fully saturated rings. The number of hydrogen-bond donors (Lipinski definition) is 1. The maximum absolute atomic E-state index is 11.5. The number of amides is 1. The number of carbonyl (C=O) groups excluding carboxylic acids is 1. The van der Waals surface area contributed by atoms with Gasteiger partial charge in [-0.3, -0.25) is 19.3 Å². The molecule has 1 amide bonds. The lowest BCUT2D eigenvalue weighted by molar-refractivity contribution is -0.0628. The molecule has 224 valence electrons. The fraction of sp³-hybridized carbons (Fsp3) is 0.543. The minimum absolute atomic E-state index is 0.364. The lowest BCUT2D eigenvalue weighted by Crippen LogP contribution is -2.60. The van der Waals surface area contributed by atoms with Gasteiger partial charge in [-0.2, -0.15) is 5.10 Å². The minimum Gasteiger partial charge on any atom is -0.371 e. The van der Waals surface area contributed by atoms with Crippen LogP contribution in [0.5, 0.6) is 0 Å². The highest BCUT2D eigenvalue weighted by Crippen LogP contribution is 2.53. The van der Waals surface area contributed by atoms with Gasteiger partial charge in [0.25, 0.3) is 0 Å². The molecule has 2 aliphatic heterocycles. The summed E-state index contributed by atoms with van der Waals surface area (Å²) in [6.45, 7) is 15.5. The summed E-state index contributed by atoms with van der Waals surface area (Å²) < 4.78 is 2.08. The second-order valence-electron chi connectivity index (χ2n) is 13.7. The van der Waals surface area contributed by atoms with E-state index in [1.165, 1.54) is 48.1 Å². The van der Waals surface area contributed by atoms with Crippen molar-refractivity contribution in [2.75, 3.05) is 37.6 Å². The molecule has 2 N–H and O–H groups in total. The van der Waals surface area contributed by atoms with Crippen molar-refractivity contribution in [3.8, 4) is 0 Å². The quantitative estimate of drug-likeness (QED) is 0.361. The van der Waals surface area contributed by atoms with Gasteiger partial charge in [-0.25, -0.2) is 0 Å². The Morgan fingerprint density at radius 3 is 2.33 bits per heavy atom. The molecule has 1 aliphatic carbocycles. The highest BCUT2D eigenvalue weighted by Gasteiger charge is 2.50. The van der Waals surface area contributed by atoms with Gasteiger partial charge in [0.05, 0.1) is 6.20 Å². The Bertz CT molecular complexity index is 1360. The smallest absolute Gasteiger partial charge is 0.248 e. The van der Waals surface area contributed by atoms with E-state index in [9.17, 15) is 4.79 Å². The van der Waals surface area contributed by atoms with Crippen molar-refractivity contribution < 1.29 is 4.79 Å². The summed E-state index contributed by atoms with van der Waals surface area (Å²) in [6, 6.07) is 18.4. The van der Waals surface area contributed by atoms with Gasteiger partial charge >= 0.3 is 0 Å². The Morgan fingerprint density at radius 1 is 0.976 bits per heavy atom. The molecular weight excluding hydrogens is 520 g/mol. The Hall–Kier alpha value is -3.16. The van der Waals surface area contributed by atoms with E-state index in [4.69, 9.17) is 5.73 Å². The van der Waals surface area contributed by atoms with Crippen LogP contribution in [-0.4, -0.2) is 64.3 Å². The molecule has 3 aromatic rings. The van der Waals surface area contributed by atoms with Crippen molar-refractivity contribution in [2.24, 2.45) is 11.1 Å². The summed E-state index contributed by atoms with van der Waals surface area (Å²) in [5, 5.41) is 4.60. The Kier molecular flexibility index (Phi) is 8.16. The molecule has 1 aromatic heterocycles. The molecule has 2 aromatic carbocycles. The van der Waals surface area contributed by atoms with Gasteiger partial charge in [-0.05, 0) is 86.3 Å². The number of nitrogens with two attached hydrogens (primary N) is 1. The third kappa shape index (κ3) is 5.86. The van der Waals surface area contributed by atoms with E-state index >= 15 is 0 Å². The fourth-order valence-corrected chi connectivity index (χ4v) is 7.71. The molecule has 0 bridgehead atoms. The van der Waals surface area contributed by atoms with Crippen LogP contribution in [-0.2, 0) is 6.54 Å². The van der Waals surface area contributed by atoms with Crippen molar-refractivity contribution in [2.45, 2.75) is 84.0 Å². The Labute approximate surface area is 251 Å². The summed E-state index contributed by atoms with van der Waals surface area (Å²) >= 11 is 0. The molecule has 42 heavy (non-hydrogen) atoms. The zero-order valence-electron chi connectivity index (χ0n) is 25.9. The summed E-state index contributed by atoms with van der Waals surface area (Å²) in [4.78, 5) is 19.5. The van der Waals surface area contributed by atoms with Crippen molar-refractivity contribution in [3.05, 3.63) is 83.2 Å². The van der Waals surface area contributed by atoms with Crippen LogP contribution < -0.4 is 10.6 Å². The number of benzene rings is 2. The van der Waals surface area contributed by atoms with Crippen LogP contribution in [0.1, 0.15) is 98.4 Å². The second-order valence-corrected chi connectivity index (χ2v) is 13.7. The number of rotatable bonds is 8. The largest absolute Gasteiger partial charge is 0.371 e. The molecule has 0 radical (unpaired) electrons. The molecule has 1 saturated carbocycles. The summed E-state index contributed by atoms with van der Waals surface area (Å²) in [5.41, 5.74) is 12.0. The van der Waals surface area contributed by atoms with Crippen LogP contribution in [0.3, 0.4) is 0 Å². The Morgan fingerprint density at radius 2 is 1.69 bits per heavy atom. The summed E-state index contributed by atoms with van der Waals surface area (Å²) in [5.74, 6) is 0.147. The van der Waals surface area contributed by atoms with E-state index in [-0.39, 0.29) is 5.91 Å². The van der Waals surface area contributed by atoms with Gasteiger partial charge in [-0.1, -0.05) is 38.1 Å². The number of hydrogen-bond acceptors (Lipinski definition) is 5. The number of aromatic nitrogens is 2. The topological polar surface area (TPSA) is 70.6 Å². The fourth-order valence-electron chi connectivity index (χ4n) is 7.71. The SMILES string of the molecule is CC(C)c1ccccc1[C@@H]1CN(Cc2cnn(C(C)C)c2)CCN1C1CC2(CCN(c3ccc(C(N)=O)cc3)CC2)C1. The van der Waals surface area contributed by atoms with Gasteiger partial charge in [0, 0.05) is 80.4 Å². The molecule has 3 heterocycles. The van der Waals surface area contributed by atoms with Gasteiger partial charge in [-0.15, -0.1) is 0 Å². The third-order valence-electron chi connectivity index (χ3n) is 10.2. The third-order valence-corrected chi connectivity index (χ3v) is 10.2. The zero-order chi connectivity index (χ0) is 29.4. The van der Waals surface area contributed by atoms with E-state index < -0.39 is 0 Å². The number of piperazine rings is 1. The molecule has 6 rings (SSSR count). The molecule has 2 saturated heterocycles. The number of nitrogens with zero attached hydrogens (tertiary/aromatic N) is 5. The molecule has 1 atom stereocenters. The van der Waals surface area contributed by atoms with Gasteiger partial charge in [0.15, 0.2) is 0 Å². The van der Waals surface area contributed by atoms with E-state index in [2.05, 4.69) is 88.8 Å². The van der Waals surface area contributed by atoms with Crippen LogP contribution in [0.4, 0.5) is 5.69 Å². The number of anilines is 1. The first-order valence-electron chi connectivity index (χ1n) is 16.0.